The summed E-state index contributed by atoms with van der Waals surface area (Å²) in [6.07, 6.45) is 5.43. The molecule has 0 aliphatic rings. The summed E-state index contributed by atoms with van der Waals surface area (Å²) in [4.78, 5) is 20.3. The summed E-state index contributed by atoms with van der Waals surface area (Å²) in [7, 11) is 1.52. The molecule has 6 heteroatoms. The first-order valence-electron chi connectivity index (χ1n) is 7.82. The van der Waals surface area contributed by atoms with Crippen molar-refractivity contribution in [3.8, 4) is 17.0 Å². The first kappa shape index (κ1) is 15.0. The highest BCUT2D eigenvalue weighted by molar-refractivity contribution is 5.72. The first-order valence-corrected chi connectivity index (χ1v) is 7.82. The molecule has 0 saturated carbocycles. The molecule has 1 aromatic carbocycles. The number of hydrogen-bond donors (Lipinski definition) is 2. The maximum Gasteiger partial charge on any atom is 0.269 e. The Morgan fingerprint density at radius 2 is 1.92 bits per heavy atom. The van der Waals surface area contributed by atoms with Crippen LogP contribution in [-0.4, -0.2) is 21.5 Å². The summed E-state index contributed by atoms with van der Waals surface area (Å²) < 4.78 is 6.88. The number of aromatic nitrogens is 3. The molecule has 0 unspecified atom stereocenters. The lowest BCUT2D eigenvalue weighted by Crippen LogP contribution is -2.18. The fourth-order valence-corrected chi connectivity index (χ4v) is 2.75. The molecule has 3 aromatic heterocycles. The average Bonchev–Trinajstić information content (AvgIpc) is 3.15. The molecular weight excluding hydrogens is 316 g/mol. The Morgan fingerprint density at radius 1 is 1.08 bits per heavy atom. The standard InChI is InChI=1S/C19H16N4O2/c1-25-18-17(19(24)23-11-3-2-4-16(23)22-18)13-5-7-14(8-6-13)21-15-9-10-20-12-15/h2-12,20-21H,1H3. The molecule has 4 rings (SSSR count). The summed E-state index contributed by atoms with van der Waals surface area (Å²) in [5, 5.41) is 3.27. The van der Waals surface area contributed by atoms with Crippen LogP contribution in [0.15, 0.2) is 71.9 Å². The lowest BCUT2D eigenvalue weighted by Gasteiger charge is -2.10. The molecule has 0 fully saturated rings. The highest BCUT2D eigenvalue weighted by Crippen LogP contribution is 2.27. The second kappa shape index (κ2) is 6.16. The van der Waals surface area contributed by atoms with E-state index in [0.717, 1.165) is 16.9 Å². The molecular formula is C19H16N4O2. The molecule has 0 radical (unpaired) electrons. The lowest BCUT2D eigenvalue weighted by atomic mass is 10.1. The number of nitrogens with one attached hydrogen (secondary N) is 2. The third kappa shape index (κ3) is 2.74. The van der Waals surface area contributed by atoms with Crippen molar-refractivity contribution in [1.82, 2.24) is 14.4 Å². The first-order chi connectivity index (χ1) is 12.3. The monoisotopic (exact) mass is 332 g/mol. The Bertz CT molecular complexity index is 1070. The van der Waals surface area contributed by atoms with Crippen LogP contribution >= 0.6 is 0 Å². The van der Waals surface area contributed by atoms with Gasteiger partial charge in [0.15, 0.2) is 0 Å². The van der Waals surface area contributed by atoms with Crippen molar-refractivity contribution in [3.05, 3.63) is 77.5 Å². The number of hydrogen-bond acceptors (Lipinski definition) is 4. The van der Waals surface area contributed by atoms with Gasteiger partial charge in [0.25, 0.3) is 5.56 Å². The Morgan fingerprint density at radius 3 is 2.64 bits per heavy atom. The molecule has 6 nitrogen and oxygen atoms in total. The number of nitrogens with zero attached hydrogens (tertiary/aromatic N) is 2. The largest absolute Gasteiger partial charge is 0.480 e. The van der Waals surface area contributed by atoms with E-state index in [-0.39, 0.29) is 5.56 Å². The fourth-order valence-electron chi connectivity index (χ4n) is 2.75. The number of rotatable bonds is 4. The van der Waals surface area contributed by atoms with E-state index in [9.17, 15) is 4.79 Å². The van der Waals surface area contributed by atoms with Crippen LogP contribution in [0.1, 0.15) is 0 Å². The van der Waals surface area contributed by atoms with Crippen LogP contribution in [0.3, 0.4) is 0 Å². The van der Waals surface area contributed by atoms with Crippen LogP contribution in [-0.2, 0) is 0 Å². The molecule has 124 valence electrons. The van der Waals surface area contributed by atoms with Crippen LogP contribution < -0.4 is 15.6 Å². The van der Waals surface area contributed by atoms with E-state index in [0.29, 0.717) is 17.1 Å². The summed E-state index contributed by atoms with van der Waals surface area (Å²) >= 11 is 0. The minimum atomic E-state index is -0.159. The van der Waals surface area contributed by atoms with Gasteiger partial charge in [0.05, 0.1) is 12.8 Å². The lowest BCUT2D eigenvalue weighted by molar-refractivity contribution is 0.399. The van der Waals surface area contributed by atoms with E-state index in [1.807, 2.05) is 48.8 Å². The van der Waals surface area contributed by atoms with E-state index in [2.05, 4.69) is 15.3 Å². The molecule has 4 aromatic rings. The number of aromatic amines is 1. The van der Waals surface area contributed by atoms with Gasteiger partial charge in [0.1, 0.15) is 11.2 Å². The maximum atomic E-state index is 12.9. The molecule has 0 atom stereocenters. The summed E-state index contributed by atoms with van der Waals surface area (Å²) in [5.74, 6) is 0.322. The van der Waals surface area contributed by atoms with E-state index < -0.39 is 0 Å². The molecule has 0 saturated heterocycles. The molecule has 2 N–H and O–H groups in total. The molecule has 0 aliphatic carbocycles. The third-order valence-corrected chi connectivity index (χ3v) is 3.95. The van der Waals surface area contributed by atoms with E-state index in [4.69, 9.17) is 4.74 Å². The number of H-pyrrole nitrogens is 1. The van der Waals surface area contributed by atoms with Crippen molar-refractivity contribution >= 4 is 17.0 Å². The van der Waals surface area contributed by atoms with Crippen LogP contribution in [0.5, 0.6) is 5.88 Å². The molecule has 25 heavy (non-hydrogen) atoms. The van der Waals surface area contributed by atoms with Gasteiger partial charge in [-0.1, -0.05) is 18.2 Å². The molecule has 0 spiro atoms. The van der Waals surface area contributed by atoms with Gasteiger partial charge in [0.2, 0.25) is 5.88 Å². The number of fused-ring (bicyclic) bond motifs is 1. The minimum Gasteiger partial charge on any atom is -0.480 e. The van der Waals surface area contributed by atoms with Gasteiger partial charge in [-0.15, -0.1) is 0 Å². The van der Waals surface area contributed by atoms with Crippen LogP contribution in [0.4, 0.5) is 11.4 Å². The van der Waals surface area contributed by atoms with Gasteiger partial charge < -0.3 is 15.0 Å². The fraction of sp³-hybridized carbons (Fsp3) is 0.0526. The highest BCUT2D eigenvalue weighted by atomic mass is 16.5. The maximum absolute atomic E-state index is 12.9. The van der Waals surface area contributed by atoms with Gasteiger partial charge in [-0.05, 0) is 35.9 Å². The van der Waals surface area contributed by atoms with Gasteiger partial charge in [-0.2, -0.15) is 4.98 Å². The second-order valence-corrected chi connectivity index (χ2v) is 5.53. The summed E-state index contributed by atoms with van der Waals surface area (Å²) in [6.45, 7) is 0. The predicted octanol–water partition coefficient (Wildman–Crippen LogP) is 3.44. The van der Waals surface area contributed by atoms with Crippen molar-refractivity contribution in [2.75, 3.05) is 12.4 Å². The topological polar surface area (TPSA) is 71.4 Å². The normalized spacial score (nSPS) is 10.8. The van der Waals surface area contributed by atoms with Crippen molar-refractivity contribution in [2.24, 2.45) is 0 Å². The van der Waals surface area contributed by atoms with E-state index in [1.54, 1.807) is 18.3 Å². The van der Waals surface area contributed by atoms with Gasteiger partial charge in [-0.25, -0.2) is 0 Å². The summed E-state index contributed by atoms with van der Waals surface area (Å²) in [6, 6.07) is 14.9. The Hall–Kier alpha value is -3.54. The third-order valence-electron chi connectivity index (χ3n) is 3.95. The molecule has 3 heterocycles. The number of pyridine rings is 1. The molecule has 0 bridgehead atoms. The number of anilines is 2. The van der Waals surface area contributed by atoms with Crippen LogP contribution in [0, 0.1) is 0 Å². The van der Waals surface area contributed by atoms with Gasteiger partial charge in [0, 0.05) is 24.3 Å². The van der Waals surface area contributed by atoms with Gasteiger partial charge >= 0.3 is 0 Å². The predicted molar refractivity (Wildman–Crippen MR) is 97.5 cm³/mol. The zero-order valence-corrected chi connectivity index (χ0v) is 13.6. The molecule has 0 aliphatic heterocycles. The minimum absolute atomic E-state index is 0.159. The van der Waals surface area contributed by atoms with Crippen molar-refractivity contribution < 1.29 is 4.74 Å². The van der Waals surface area contributed by atoms with Crippen molar-refractivity contribution in [3.63, 3.8) is 0 Å². The van der Waals surface area contributed by atoms with Crippen molar-refractivity contribution in [2.45, 2.75) is 0 Å². The van der Waals surface area contributed by atoms with Crippen LogP contribution in [0.25, 0.3) is 16.8 Å². The number of methoxy groups -OCH3 is 1. The zero-order chi connectivity index (χ0) is 17.2. The Kier molecular flexibility index (Phi) is 3.70. The number of ether oxygens (including phenoxy) is 1. The van der Waals surface area contributed by atoms with Crippen molar-refractivity contribution in [1.29, 1.82) is 0 Å². The van der Waals surface area contributed by atoms with Crippen LogP contribution in [0.2, 0.25) is 0 Å². The van der Waals surface area contributed by atoms with E-state index >= 15 is 0 Å². The quantitative estimate of drug-likeness (QED) is 0.600. The van der Waals surface area contributed by atoms with Gasteiger partial charge in [-0.3, -0.25) is 9.20 Å². The summed E-state index contributed by atoms with van der Waals surface area (Å²) in [5.41, 5.74) is 3.49. The average molecular weight is 332 g/mol. The zero-order valence-electron chi connectivity index (χ0n) is 13.6. The smallest absolute Gasteiger partial charge is 0.269 e. The highest BCUT2D eigenvalue weighted by Gasteiger charge is 2.15. The SMILES string of the molecule is COc1nc2ccccn2c(=O)c1-c1ccc(Nc2cc[nH]c2)cc1. The Balaban J connectivity index is 1.78. The number of benzene rings is 1. The second-order valence-electron chi connectivity index (χ2n) is 5.53. The Labute approximate surface area is 143 Å². The van der Waals surface area contributed by atoms with E-state index in [1.165, 1.54) is 11.5 Å². The molecule has 0 amide bonds.